The number of hydrogen-bond donors (Lipinski definition) is 1. The van der Waals surface area contributed by atoms with Crippen LogP contribution in [0, 0.1) is 0 Å². The second-order valence-electron chi connectivity index (χ2n) is 5.10. The molecule has 2 aromatic heterocycles. The first-order chi connectivity index (χ1) is 9.74. The van der Waals surface area contributed by atoms with Crippen LogP contribution < -0.4 is 5.73 Å². The minimum Gasteiger partial charge on any atom is -0.364 e. The molecule has 5 heteroatoms. The van der Waals surface area contributed by atoms with Gasteiger partial charge in [0.15, 0.2) is 11.3 Å². The molecule has 2 rings (SSSR count). The fourth-order valence-corrected chi connectivity index (χ4v) is 2.44. The molecule has 108 valence electrons. The molecule has 0 atom stereocenters. The maximum absolute atomic E-state index is 11.5. The average Bonchev–Trinajstić information content (AvgIpc) is 2.82. The summed E-state index contributed by atoms with van der Waals surface area (Å²) < 4.78 is 1.63. The number of nitrogens with two attached hydrogens (primary N) is 1. The van der Waals surface area contributed by atoms with Gasteiger partial charge < -0.3 is 5.73 Å². The largest absolute Gasteiger partial charge is 0.364 e. The number of hydrogen-bond acceptors (Lipinski definition) is 3. The molecular weight excluding hydrogens is 252 g/mol. The van der Waals surface area contributed by atoms with E-state index in [4.69, 9.17) is 5.73 Å². The van der Waals surface area contributed by atoms with E-state index in [1.54, 1.807) is 23.0 Å². The lowest BCUT2D eigenvalue weighted by molar-refractivity contribution is 0.0994. The van der Waals surface area contributed by atoms with Gasteiger partial charge in [-0.3, -0.25) is 4.79 Å². The van der Waals surface area contributed by atoms with E-state index in [0.29, 0.717) is 5.69 Å². The minimum absolute atomic E-state index is 0.359. The highest BCUT2D eigenvalue weighted by molar-refractivity contribution is 5.94. The van der Waals surface area contributed by atoms with Crippen molar-refractivity contribution in [3.05, 3.63) is 29.7 Å². The fraction of sp³-hybridized carbons (Fsp3) is 0.533. The lowest BCUT2D eigenvalue weighted by Gasteiger charge is -2.01. The fourth-order valence-electron chi connectivity index (χ4n) is 2.44. The van der Waals surface area contributed by atoms with Crippen molar-refractivity contribution in [2.45, 2.75) is 51.9 Å². The highest BCUT2D eigenvalue weighted by atomic mass is 16.1. The van der Waals surface area contributed by atoms with Crippen LogP contribution in [0.5, 0.6) is 0 Å². The number of unbranched alkanes of at least 4 members (excludes halogenated alkanes) is 5. The van der Waals surface area contributed by atoms with Crippen LogP contribution in [0.3, 0.4) is 0 Å². The summed E-state index contributed by atoms with van der Waals surface area (Å²) in [4.78, 5) is 15.8. The van der Waals surface area contributed by atoms with E-state index in [1.165, 1.54) is 32.1 Å². The van der Waals surface area contributed by atoms with Crippen molar-refractivity contribution in [1.29, 1.82) is 0 Å². The van der Waals surface area contributed by atoms with Gasteiger partial charge in [0.25, 0.3) is 5.91 Å². The van der Waals surface area contributed by atoms with Gasteiger partial charge in [-0.1, -0.05) is 39.0 Å². The van der Waals surface area contributed by atoms with E-state index in [2.05, 4.69) is 17.0 Å². The van der Waals surface area contributed by atoms with Crippen molar-refractivity contribution in [3.8, 4) is 0 Å². The third-order valence-electron chi connectivity index (χ3n) is 3.50. The molecule has 0 saturated heterocycles. The van der Waals surface area contributed by atoms with Gasteiger partial charge in [0.1, 0.15) is 0 Å². The van der Waals surface area contributed by atoms with Crippen LogP contribution in [0.1, 0.15) is 61.5 Å². The summed E-state index contributed by atoms with van der Waals surface area (Å²) in [5.41, 5.74) is 7.39. The summed E-state index contributed by atoms with van der Waals surface area (Å²) in [6, 6.07) is 1.79. The zero-order chi connectivity index (χ0) is 14.4. The van der Waals surface area contributed by atoms with E-state index in [0.717, 1.165) is 24.1 Å². The molecule has 0 radical (unpaired) electrons. The molecule has 5 nitrogen and oxygen atoms in total. The topological polar surface area (TPSA) is 73.3 Å². The van der Waals surface area contributed by atoms with Gasteiger partial charge in [-0.15, -0.1) is 0 Å². The number of aromatic nitrogens is 3. The van der Waals surface area contributed by atoms with E-state index >= 15 is 0 Å². The Balaban J connectivity index is 2.04. The predicted octanol–water partition coefficient (Wildman–Crippen LogP) is 2.73. The SMILES string of the molecule is CCCCCCCCc1c(C(N)=O)nn2cccnc12. The Morgan fingerprint density at radius 3 is 2.75 bits per heavy atom. The van der Waals surface area contributed by atoms with Crippen LogP contribution in [0.2, 0.25) is 0 Å². The molecule has 0 fully saturated rings. The van der Waals surface area contributed by atoms with Crippen molar-refractivity contribution in [1.82, 2.24) is 14.6 Å². The Hall–Kier alpha value is -1.91. The molecule has 0 spiro atoms. The minimum atomic E-state index is -0.475. The van der Waals surface area contributed by atoms with Gasteiger partial charge in [0, 0.05) is 18.0 Å². The summed E-state index contributed by atoms with van der Waals surface area (Å²) in [5.74, 6) is -0.475. The Kier molecular flexibility index (Phi) is 5.09. The standard InChI is InChI=1S/C15H22N4O/c1-2-3-4-5-6-7-9-12-13(14(16)20)18-19-11-8-10-17-15(12)19/h8,10-11H,2-7,9H2,1H3,(H2,16,20). The van der Waals surface area contributed by atoms with Crippen molar-refractivity contribution in [3.63, 3.8) is 0 Å². The Morgan fingerprint density at radius 1 is 1.25 bits per heavy atom. The van der Waals surface area contributed by atoms with Crippen molar-refractivity contribution in [2.24, 2.45) is 5.73 Å². The maximum Gasteiger partial charge on any atom is 0.269 e. The van der Waals surface area contributed by atoms with Crippen molar-refractivity contribution >= 4 is 11.6 Å². The lowest BCUT2D eigenvalue weighted by atomic mass is 10.0. The number of rotatable bonds is 8. The van der Waals surface area contributed by atoms with Crippen LogP contribution in [0.25, 0.3) is 5.65 Å². The molecule has 1 amide bonds. The second-order valence-corrected chi connectivity index (χ2v) is 5.10. The zero-order valence-corrected chi connectivity index (χ0v) is 12.0. The summed E-state index contributed by atoms with van der Waals surface area (Å²) in [6.07, 6.45) is 11.6. The molecule has 0 aromatic carbocycles. The second kappa shape index (κ2) is 7.03. The third-order valence-corrected chi connectivity index (χ3v) is 3.50. The quantitative estimate of drug-likeness (QED) is 0.752. The van der Waals surface area contributed by atoms with Gasteiger partial charge in [-0.25, -0.2) is 9.50 Å². The number of carbonyl (C=O) groups excluding carboxylic acids is 1. The summed E-state index contributed by atoms with van der Waals surface area (Å²) >= 11 is 0. The van der Waals surface area contributed by atoms with Crippen LogP contribution in [-0.2, 0) is 6.42 Å². The van der Waals surface area contributed by atoms with Crippen molar-refractivity contribution < 1.29 is 4.79 Å². The molecule has 0 saturated carbocycles. The number of fused-ring (bicyclic) bond motifs is 1. The average molecular weight is 274 g/mol. The normalized spacial score (nSPS) is 11.1. The first-order valence-electron chi connectivity index (χ1n) is 7.36. The summed E-state index contributed by atoms with van der Waals surface area (Å²) in [6.45, 7) is 2.21. The zero-order valence-electron chi connectivity index (χ0n) is 12.0. The predicted molar refractivity (Wildman–Crippen MR) is 78.6 cm³/mol. The molecule has 20 heavy (non-hydrogen) atoms. The summed E-state index contributed by atoms with van der Waals surface area (Å²) in [7, 11) is 0. The van der Waals surface area contributed by atoms with Crippen LogP contribution in [-0.4, -0.2) is 20.5 Å². The van der Waals surface area contributed by atoms with Gasteiger partial charge in [0.2, 0.25) is 0 Å². The lowest BCUT2D eigenvalue weighted by Crippen LogP contribution is -2.14. The van der Waals surface area contributed by atoms with E-state index in [1.807, 2.05) is 0 Å². The maximum atomic E-state index is 11.5. The van der Waals surface area contributed by atoms with E-state index < -0.39 is 5.91 Å². The smallest absolute Gasteiger partial charge is 0.269 e. The molecule has 0 aliphatic heterocycles. The van der Waals surface area contributed by atoms with Crippen LogP contribution in [0.15, 0.2) is 18.5 Å². The number of primary amides is 1. The first-order valence-corrected chi connectivity index (χ1v) is 7.36. The Bertz CT molecular complexity index is 576. The van der Waals surface area contributed by atoms with Crippen molar-refractivity contribution in [2.75, 3.05) is 0 Å². The molecule has 0 aliphatic carbocycles. The van der Waals surface area contributed by atoms with Crippen LogP contribution >= 0.6 is 0 Å². The Morgan fingerprint density at radius 2 is 2.00 bits per heavy atom. The van der Waals surface area contributed by atoms with E-state index in [9.17, 15) is 4.79 Å². The highest BCUT2D eigenvalue weighted by Gasteiger charge is 2.17. The number of nitrogens with zero attached hydrogens (tertiary/aromatic N) is 3. The number of aryl methyl sites for hydroxylation is 1. The summed E-state index contributed by atoms with van der Waals surface area (Å²) in [5, 5.41) is 4.22. The molecule has 2 N–H and O–H groups in total. The van der Waals surface area contributed by atoms with Gasteiger partial charge in [-0.05, 0) is 18.9 Å². The van der Waals surface area contributed by atoms with E-state index in [-0.39, 0.29) is 0 Å². The molecular formula is C15H22N4O. The number of amides is 1. The van der Waals surface area contributed by atoms with Gasteiger partial charge in [-0.2, -0.15) is 5.10 Å². The third kappa shape index (κ3) is 3.35. The molecule has 2 heterocycles. The Labute approximate surface area is 119 Å². The van der Waals surface area contributed by atoms with Gasteiger partial charge in [0.05, 0.1) is 0 Å². The first kappa shape index (κ1) is 14.5. The molecule has 0 aliphatic rings. The van der Waals surface area contributed by atoms with Gasteiger partial charge >= 0.3 is 0 Å². The molecule has 2 aromatic rings. The molecule has 0 bridgehead atoms. The monoisotopic (exact) mass is 274 g/mol. The highest BCUT2D eigenvalue weighted by Crippen LogP contribution is 2.17. The molecule has 0 unspecified atom stereocenters. The van der Waals surface area contributed by atoms with Crippen LogP contribution in [0.4, 0.5) is 0 Å². The number of carbonyl (C=O) groups is 1.